The summed E-state index contributed by atoms with van der Waals surface area (Å²) >= 11 is 0. The first-order valence-corrected chi connectivity index (χ1v) is 5.53. The van der Waals surface area contributed by atoms with Gasteiger partial charge < -0.3 is 4.74 Å². The zero-order valence-corrected chi connectivity index (χ0v) is 9.15. The Morgan fingerprint density at radius 1 is 1.25 bits per heavy atom. The number of hydrogen-bond donors (Lipinski definition) is 0. The lowest BCUT2D eigenvalue weighted by Crippen LogP contribution is -2.19. The van der Waals surface area contributed by atoms with E-state index < -0.39 is 12.8 Å². The van der Waals surface area contributed by atoms with Crippen molar-refractivity contribution in [2.75, 3.05) is 13.2 Å². The molecule has 0 unspecified atom stereocenters. The smallest absolute Gasteiger partial charge is 0.372 e. The van der Waals surface area contributed by atoms with Gasteiger partial charge in [-0.1, -0.05) is 12.8 Å². The molecule has 1 aliphatic rings. The van der Waals surface area contributed by atoms with Crippen LogP contribution in [0.3, 0.4) is 0 Å². The topological polar surface area (TPSA) is 33.0 Å². The first-order chi connectivity index (χ1) is 7.47. The Hall–Kier alpha value is -0.760. The normalized spacial score (nSPS) is 19.6. The fourth-order valence-corrected chi connectivity index (χ4v) is 2.17. The minimum absolute atomic E-state index is 0.0862. The predicted molar refractivity (Wildman–Crippen MR) is 52.6 cm³/mol. The summed E-state index contributed by atoms with van der Waals surface area (Å²) in [6.07, 6.45) is 0.796. The Labute approximate surface area is 93.4 Å². The molecule has 0 amide bonds. The van der Waals surface area contributed by atoms with Gasteiger partial charge in [-0.3, -0.25) is 0 Å². The average Bonchev–Trinajstić information content (AvgIpc) is 2.65. The molecular weight excluding hydrogens is 219 g/mol. The van der Waals surface area contributed by atoms with Crippen molar-refractivity contribution in [3.8, 4) is 6.07 Å². The highest BCUT2D eigenvalue weighted by molar-refractivity contribution is 5.01. The van der Waals surface area contributed by atoms with E-state index in [0.29, 0.717) is 12.8 Å². The third kappa shape index (κ3) is 4.40. The molecule has 5 heteroatoms. The SMILES string of the molecule is N#CC1(CCCOCC(F)(F)F)CCCC1. The van der Waals surface area contributed by atoms with E-state index >= 15 is 0 Å². The maximum absolute atomic E-state index is 11.7. The molecule has 1 fully saturated rings. The molecule has 0 atom stereocenters. The van der Waals surface area contributed by atoms with Crippen LogP contribution in [0.25, 0.3) is 0 Å². The van der Waals surface area contributed by atoms with E-state index in [4.69, 9.17) is 5.26 Å². The maximum atomic E-state index is 11.7. The highest BCUT2D eigenvalue weighted by Gasteiger charge is 2.33. The van der Waals surface area contributed by atoms with Gasteiger partial charge >= 0.3 is 6.18 Å². The number of alkyl halides is 3. The second-order valence-corrected chi connectivity index (χ2v) is 4.37. The number of rotatable bonds is 5. The first-order valence-electron chi connectivity index (χ1n) is 5.53. The molecule has 0 aromatic rings. The highest BCUT2D eigenvalue weighted by atomic mass is 19.4. The van der Waals surface area contributed by atoms with Gasteiger partial charge in [0.2, 0.25) is 0 Å². The van der Waals surface area contributed by atoms with Gasteiger partial charge in [-0.15, -0.1) is 0 Å². The Bertz CT molecular complexity index is 251. The van der Waals surface area contributed by atoms with Crippen molar-refractivity contribution in [1.29, 1.82) is 5.26 Å². The van der Waals surface area contributed by atoms with E-state index in [9.17, 15) is 13.2 Å². The minimum atomic E-state index is -4.25. The third-order valence-corrected chi connectivity index (χ3v) is 3.01. The van der Waals surface area contributed by atoms with Gasteiger partial charge in [0.15, 0.2) is 0 Å². The fourth-order valence-electron chi connectivity index (χ4n) is 2.17. The Kier molecular flexibility index (Phi) is 4.60. The molecule has 92 valence electrons. The van der Waals surface area contributed by atoms with Crippen molar-refractivity contribution in [2.45, 2.75) is 44.7 Å². The molecule has 0 spiro atoms. The van der Waals surface area contributed by atoms with Gasteiger partial charge in [0.1, 0.15) is 6.61 Å². The van der Waals surface area contributed by atoms with Gasteiger partial charge in [0.05, 0.1) is 11.5 Å². The highest BCUT2D eigenvalue weighted by Crippen LogP contribution is 2.41. The van der Waals surface area contributed by atoms with E-state index in [2.05, 4.69) is 10.8 Å². The van der Waals surface area contributed by atoms with Gasteiger partial charge in [0, 0.05) is 6.61 Å². The molecule has 0 aromatic carbocycles. The lowest BCUT2D eigenvalue weighted by Gasteiger charge is -2.19. The molecule has 0 heterocycles. The van der Waals surface area contributed by atoms with Crippen LogP contribution in [0.15, 0.2) is 0 Å². The lowest BCUT2D eigenvalue weighted by atomic mass is 9.83. The number of ether oxygens (including phenoxy) is 1. The van der Waals surface area contributed by atoms with Crippen LogP contribution < -0.4 is 0 Å². The van der Waals surface area contributed by atoms with E-state index in [0.717, 1.165) is 25.7 Å². The van der Waals surface area contributed by atoms with Gasteiger partial charge in [-0.05, 0) is 25.7 Å². The number of nitrogens with zero attached hydrogens (tertiary/aromatic N) is 1. The Balaban J connectivity index is 2.13. The summed E-state index contributed by atoms with van der Waals surface area (Å²) in [5, 5.41) is 9.03. The predicted octanol–water partition coefficient (Wildman–Crippen LogP) is 3.43. The van der Waals surface area contributed by atoms with E-state index in [1.165, 1.54) is 0 Å². The molecule has 0 aromatic heterocycles. The summed E-state index contributed by atoms with van der Waals surface area (Å²) in [6.45, 7) is -1.10. The molecule has 0 aliphatic heterocycles. The van der Waals surface area contributed by atoms with Gasteiger partial charge in [-0.25, -0.2) is 0 Å². The zero-order valence-electron chi connectivity index (χ0n) is 9.15. The molecular formula is C11H16F3NO. The molecule has 0 saturated heterocycles. The van der Waals surface area contributed by atoms with Crippen LogP contribution in [0, 0.1) is 16.7 Å². The van der Waals surface area contributed by atoms with Crippen molar-refractivity contribution >= 4 is 0 Å². The third-order valence-electron chi connectivity index (χ3n) is 3.01. The summed E-state index contributed by atoms with van der Waals surface area (Å²) in [4.78, 5) is 0. The van der Waals surface area contributed by atoms with Crippen LogP contribution in [0.2, 0.25) is 0 Å². The molecule has 0 N–H and O–H groups in total. The summed E-state index contributed by atoms with van der Waals surface area (Å²) in [5.41, 5.74) is -0.290. The van der Waals surface area contributed by atoms with Crippen LogP contribution in [-0.2, 0) is 4.74 Å². The van der Waals surface area contributed by atoms with Crippen molar-refractivity contribution < 1.29 is 17.9 Å². The Morgan fingerprint density at radius 3 is 2.38 bits per heavy atom. The monoisotopic (exact) mass is 235 g/mol. The molecule has 1 rings (SSSR count). The minimum Gasteiger partial charge on any atom is -0.372 e. The standard InChI is InChI=1S/C11H16F3NO/c12-11(13,14)9-16-7-3-6-10(8-15)4-1-2-5-10/h1-7,9H2. The van der Waals surface area contributed by atoms with Crippen LogP contribution >= 0.6 is 0 Å². The number of halogens is 3. The van der Waals surface area contributed by atoms with E-state index in [-0.39, 0.29) is 12.0 Å². The first kappa shape index (κ1) is 13.3. The molecule has 0 radical (unpaired) electrons. The lowest BCUT2D eigenvalue weighted by molar-refractivity contribution is -0.174. The fraction of sp³-hybridized carbons (Fsp3) is 0.909. The summed E-state index contributed by atoms with van der Waals surface area (Å²) < 4.78 is 39.8. The van der Waals surface area contributed by atoms with Crippen molar-refractivity contribution in [2.24, 2.45) is 5.41 Å². The van der Waals surface area contributed by atoms with Crippen molar-refractivity contribution in [3.05, 3.63) is 0 Å². The van der Waals surface area contributed by atoms with Crippen LogP contribution in [-0.4, -0.2) is 19.4 Å². The molecule has 16 heavy (non-hydrogen) atoms. The number of hydrogen-bond acceptors (Lipinski definition) is 2. The van der Waals surface area contributed by atoms with E-state index in [1.807, 2.05) is 0 Å². The van der Waals surface area contributed by atoms with Gasteiger partial charge in [0.25, 0.3) is 0 Å². The zero-order chi connectivity index (χ0) is 12.1. The van der Waals surface area contributed by atoms with Crippen molar-refractivity contribution in [1.82, 2.24) is 0 Å². The maximum Gasteiger partial charge on any atom is 0.411 e. The number of nitriles is 1. The molecule has 2 nitrogen and oxygen atoms in total. The van der Waals surface area contributed by atoms with Crippen LogP contribution in [0.5, 0.6) is 0 Å². The summed E-state index contributed by atoms with van der Waals surface area (Å²) in [6, 6.07) is 2.31. The molecule has 1 aliphatic carbocycles. The summed E-state index contributed by atoms with van der Waals surface area (Å²) in [5.74, 6) is 0. The van der Waals surface area contributed by atoms with Crippen LogP contribution in [0.4, 0.5) is 13.2 Å². The molecule has 1 saturated carbocycles. The second kappa shape index (κ2) is 5.53. The Morgan fingerprint density at radius 2 is 1.88 bits per heavy atom. The van der Waals surface area contributed by atoms with Crippen LogP contribution in [0.1, 0.15) is 38.5 Å². The second-order valence-electron chi connectivity index (χ2n) is 4.37. The van der Waals surface area contributed by atoms with Crippen molar-refractivity contribution in [3.63, 3.8) is 0 Å². The average molecular weight is 235 g/mol. The quantitative estimate of drug-likeness (QED) is 0.684. The largest absolute Gasteiger partial charge is 0.411 e. The van der Waals surface area contributed by atoms with Gasteiger partial charge in [-0.2, -0.15) is 18.4 Å². The molecule has 0 bridgehead atoms. The summed E-state index contributed by atoms with van der Waals surface area (Å²) in [7, 11) is 0. The van der Waals surface area contributed by atoms with E-state index in [1.54, 1.807) is 0 Å².